The molecule has 2 aromatic rings. The summed E-state index contributed by atoms with van der Waals surface area (Å²) < 4.78 is 6.48. The molecule has 6 heteroatoms. The Balaban J connectivity index is 1.99. The Morgan fingerprint density at radius 1 is 1.29 bits per heavy atom. The molecule has 0 saturated carbocycles. The van der Waals surface area contributed by atoms with Crippen LogP contribution in [0.15, 0.2) is 47.4 Å². The van der Waals surface area contributed by atoms with Crippen molar-refractivity contribution in [2.45, 2.75) is 13.1 Å². The molecule has 2 rings (SSSR count). The monoisotopic (exact) mass is 287 g/mol. The number of hydrogen-bond donors (Lipinski definition) is 2. The largest absolute Gasteiger partial charge is 0.496 e. The molecule has 0 saturated heterocycles. The third-order valence-electron chi connectivity index (χ3n) is 2.99. The summed E-state index contributed by atoms with van der Waals surface area (Å²) in [6.07, 6.45) is 1.45. The number of carbonyl (C=O) groups excluding carboxylic acids is 1. The number of carbonyl (C=O) groups is 1. The number of methoxy groups -OCH3 is 1. The van der Waals surface area contributed by atoms with E-state index in [9.17, 15) is 9.59 Å². The Morgan fingerprint density at radius 2 is 2.05 bits per heavy atom. The van der Waals surface area contributed by atoms with E-state index in [1.165, 1.54) is 22.9 Å². The lowest BCUT2D eigenvalue weighted by molar-refractivity contribution is -0.121. The normalized spacial score (nSPS) is 10.1. The van der Waals surface area contributed by atoms with Crippen molar-refractivity contribution in [1.29, 1.82) is 0 Å². The number of nitrogen functional groups attached to an aromatic ring is 1. The molecule has 1 aromatic carbocycles. The first-order valence-corrected chi connectivity index (χ1v) is 6.44. The number of pyridine rings is 1. The number of nitrogens with zero attached hydrogens (tertiary/aromatic N) is 1. The van der Waals surface area contributed by atoms with Crippen molar-refractivity contribution in [3.63, 3.8) is 0 Å². The second-order valence-electron chi connectivity index (χ2n) is 4.52. The molecule has 0 aliphatic carbocycles. The van der Waals surface area contributed by atoms with Crippen molar-refractivity contribution in [2.75, 3.05) is 12.8 Å². The van der Waals surface area contributed by atoms with Gasteiger partial charge < -0.3 is 20.4 Å². The minimum Gasteiger partial charge on any atom is -0.496 e. The van der Waals surface area contributed by atoms with E-state index in [1.54, 1.807) is 7.11 Å². The number of nitrogens with two attached hydrogens (primary N) is 1. The Kier molecular flexibility index (Phi) is 4.61. The van der Waals surface area contributed by atoms with Crippen LogP contribution in [0.3, 0.4) is 0 Å². The zero-order valence-electron chi connectivity index (χ0n) is 11.7. The van der Waals surface area contributed by atoms with Crippen LogP contribution in [-0.4, -0.2) is 17.6 Å². The van der Waals surface area contributed by atoms with E-state index in [1.807, 2.05) is 24.3 Å². The van der Waals surface area contributed by atoms with Gasteiger partial charge in [0.25, 0.3) is 5.56 Å². The van der Waals surface area contributed by atoms with Crippen molar-refractivity contribution in [3.8, 4) is 5.75 Å². The molecule has 1 amide bonds. The molecule has 1 heterocycles. The van der Waals surface area contributed by atoms with Gasteiger partial charge in [-0.25, -0.2) is 0 Å². The average Bonchev–Trinajstić information content (AvgIpc) is 2.49. The van der Waals surface area contributed by atoms with Gasteiger partial charge in [-0.15, -0.1) is 0 Å². The smallest absolute Gasteiger partial charge is 0.251 e. The Labute approximate surface area is 122 Å². The van der Waals surface area contributed by atoms with E-state index in [-0.39, 0.29) is 18.0 Å². The van der Waals surface area contributed by atoms with E-state index in [4.69, 9.17) is 10.5 Å². The third-order valence-corrected chi connectivity index (χ3v) is 2.99. The van der Waals surface area contributed by atoms with E-state index in [0.29, 0.717) is 18.0 Å². The Bertz CT molecular complexity index is 695. The fourth-order valence-corrected chi connectivity index (χ4v) is 1.93. The maximum absolute atomic E-state index is 11.9. The molecule has 0 atom stereocenters. The van der Waals surface area contributed by atoms with Gasteiger partial charge in [0.2, 0.25) is 5.91 Å². The second-order valence-corrected chi connectivity index (χ2v) is 4.52. The lowest BCUT2D eigenvalue weighted by atomic mass is 10.2. The fourth-order valence-electron chi connectivity index (χ4n) is 1.93. The van der Waals surface area contributed by atoms with Crippen LogP contribution in [0.1, 0.15) is 5.56 Å². The van der Waals surface area contributed by atoms with E-state index in [0.717, 1.165) is 5.56 Å². The minimum absolute atomic E-state index is 0.0704. The van der Waals surface area contributed by atoms with Crippen LogP contribution in [0.4, 0.5) is 5.69 Å². The van der Waals surface area contributed by atoms with Crippen molar-refractivity contribution < 1.29 is 9.53 Å². The molecule has 0 unspecified atom stereocenters. The summed E-state index contributed by atoms with van der Waals surface area (Å²) in [5.74, 6) is 0.438. The molecule has 0 aliphatic heterocycles. The first-order chi connectivity index (χ1) is 10.1. The van der Waals surface area contributed by atoms with Gasteiger partial charge in [0, 0.05) is 30.1 Å². The number of benzene rings is 1. The number of hydrogen-bond acceptors (Lipinski definition) is 4. The number of para-hydroxylation sites is 1. The first-order valence-electron chi connectivity index (χ1n) is 6.44. The maximum atomic E-state index is 11.9. The van der Waals surface area contributed by atoms with Crippen LogP contribution in [-0.2, 0) is 17.9 Å². The molecule has 1 aromatic heterocycles. The molecule has 0 aliphatic rings. The average molecular weight is 287 g/mol. The number of amides is 1. The van der Waals surface area contributed by atoms with Gasteiger partial charge in [-0.1, -0.05) is 18.2 Å². The van der Waals surface area contributed by atoms with Crippen molar-refractivity contribution in [3.05, 3.63) is 58.5 Å². The molecule has 110 valence electrons. The van der Waals surface area contributed by atoms with Gasteiger partial charge in [-0.3, -0.25) is 9.59 Å². The summed E-state index contributed by atoms with van der Waals surface area (Å²) in [4.78, 5) is 23.5. The maximum Gasteiger partial charge on any atom is 0.251 e. The number of rotatable bonds is 5. The van der Waals surface area contributed by atoms with Crippen molar-refractivity contribution in [1.82, 2.24) is 9.88 Å². The number of anilines is 1. The van der Waals surface area contributed by atoms with Crippen LogP contribution >= 0.6 is 0 Å². The van der Waals surface area contributed by atoms with Gasteiger partial charge in [-0.05, 0) is 12.1 Å². The molecule has 0 fully saturated rings. The highest BCUT2D eigenvalue weighted by Gasteiger charge is 2.07. The highest BCUT2D eigenvalue weighted by molar-refractivity contribution is 5.75. The summed E-state index contributed by atoms with van der Waals surface area (Å²) in [5.41, 5.74) is 6.64. The van der Waals surface area contributed by atoms with Gasteiger partial charge in [0.05, 0.1) is 7.11 Å². The number of aromatic nitrogens is 1. The Hall–Kier alpha value is -2.76. The molecule has 21 heavy (non-hydrogen) atoms. The molecule has 0 spiro atoms. The van der Waals surface area contributed by atoms with Crippen LogP contribution in [0, 0.1) is 0 Å². The molecular formula is C15H17N3O3. The first kappa shape index (κ1) is 14.6. The summed E-state index contributed by atoms with van der Waals surface area (Å²) in [6, 6.07) is 10.3. The zero-order chi connectivity index (χ0) is 15.2. The predicted molar refractivity (Wildman–Crippen MR) is 80.0 cm³/mol. The molecule has 0 radical (unpaired) electrons. The number of nitrogens with one attached hydrogen (secondary N) is 1. The highest BCUT2D eigenvalue weighted by Crippen LogP contribution is 2.16. The van der Waals surface area contributed by atoms with Crippen LogP contribution < -0.4 is 21.3 Å². The third kappa shape index (κ3) is 3.85. The Morgan fingerprint density at radius 3 is 2.81 bits per heavy atom. The summed E-state index contributed by atoms with van der Waals surface area (Å²) in [7, 11) is 1.58. The highest BCUT2D eigenvalue weighted by atomic mass is 16.5. The van der Waals surface area contributed by atoms with Gasteiger partial charge >= 0.3 is 0 Å². The molecule has 3 N–H and O–H groups in total. The summed E-state index contributed by atoms with van der Waals surface area (Å²) in [5, 5.41) is 2.75. The molecule has 0 bridgehead atoms. The molecular weight excluding hydrogens is 270 g/mol. The van der Waals surface area contributed by atoms with Crippen molar-refractivity contribution >= 4 is 11.6 Å². The SMILES string of the molecule is COc1ccccc1CNC(=O)Cn1cc(N)ccc1=O. The second kappa shape index (κ2) is 6.60. The topological polar surface area (TPSA) is 86.3 Å². The summed E-state index contributed by atoms with van der Waals surface area (Å²) in [6.45, 7) is 0.263. The van der Waals surface area contributed by atoms with Crippen LogP contribution in [0.25, 0.3) is 0 Å². The zero-order valence-corrected chi connectivity index (χ0v) is 11.7. The van der Waals surface area contributed by atoms with Gasteiger partial charge in [0.15, 0.2) is 0 Å². The van der Waals surface area contributed by atoms with E-state index < -0.39 is 0 Å². The van der Waals surface area contributed by atoms with Crippen molar-refractivity contribution in [2.24, 2.45) is 0 Å². The quantitative estimate of drug-likeness (QED) is 0.850. The van der Waals surface area contributed by atoms with E-state index >= 15 is 0 Å². The lowest BCUT2D eigenvalue weighted by Gasteiger charge is -2.10. The predicted octanol–water partition coefficient (Wildman–Crippen LogP) is 0.756. The minimum atomic E-state index is -0.270. The van der Waals surface area contributed by atoms with Crippen LogP contribution in [0.5, 0.6) is 5.75 Å². The standard InChI is InChI=1S/C15H17N3O3/c1-21-13-5-3-2-4-11(13)8-17-14(19)10-18-9-12(16)6-7-15(18)20/h2-7,9H,8,10,16H2,1H3,(H,17,19). The van der Waals surface area contributed by atoms with Gasteiger partial charge in [-0.2, -0.15) is 0 Å². The fraction of sp³-hybridized carbons (Fsp3) is 0.200. The van der Waals surface area contributed by atoms with Crippen LogP contribution in [0.2, 0.25) is 0 Å². The van der Waals surface area contributed by atoms with E-state index in [2.05, 4.69) is 5.32 Å². The van der Waals surface area contributed by atoms with Gasteiger partial charge in [0.1, 0.15) is 12.3 Å². The lowest BCUT2D eigenvalue weighted by Crippen LogP contribution is -2.31. The molecule has 6 nitrogen and oxygen atoms in total. The summed E-state index contributed by atoms with van der Waals surface area (Å²) >= 11 is 0. The number of ether oxygens (including phenoxy) is 1.